The predicted molar refractivity (Wildman–Crippen MR) is 24.5 cm³/mol. The van der Waals surface area contributed by atoms with E-state index >= 15 is 0 Å². The lowest BCUT2D eigenvalue weighted by Gasteiger charge is -1.55. The summed E-state index contributed by atoms with van der Waals surface area (Å²) in [4.78, 5) is 0. The summed E-state index contributed by atoms with van der Waals surface area (Å²) in [5.74, 6) is 0. The average molecular weight is 137 g/mol. The summed E-state index contributed by atoms with van der Waals surface area (Å²) in [7, 11) is 1.54. The molecule has 0 aliphatic heterocycles. The standard InChI is InChI=1S/CH3BrO.Mg.2H/c1-3-2;;;/h1H3;;;. The molecule has 0 heterocycles. The maximum absolute atomic E-state index is 4.06. The van der Waals surface area contributed by atoms with Gasteiger partial charge in [0.15, 0.2) is 0 Å². The lowest BCUT2D eigenvalue weighted by atomic mass is 11.8. The number of halogens is 1. The van der Waals surface area contributed by atoms with E-state index in [1.54, 1.807) is 7.11 Å². The van der Waals surface area contributed by atoms with E-state index in [0.29, 0.717) is 0 Å². The van der Waals surface area contributed by atoms with E-state index in [-0.39, 0.29) is 23.1 Å². The fourth-order valence-corrected chi connectivity index (χ4v) is 0. The molecule has 0 N–H and O–H groups in total. The molecule has 4 heavy (non-hydrogen) atoms. The summed E-state index contributed by atoms with van der Waals surface area (Å²) < 4.78 is 4.06. The Kier molecular flexibility index (Phi) is 19.9. The second-order valence-electron chi connectivity index (χ2n) is 0.154. The van der Waals surface area contributed by atoms with Crippen LogP contribution in [0.2, 0.25) is 0 Å². The van der Waals surface area contributed by atoms with Gasteiger partial charge in [-0.05, 0) is 0 Å². The Bertz CT molecular complexity index is 8.00. The van der Waals surface area contributed by atoms with Crippen LogP contribution in [-0.2, 0) is 3.83 Å². The number of hydrogen-bond donors (Lipinski definition) is 0. The highest BCUT2D eigenvalue weighted by Gasteiger charge is 1.31. The van der Waals surface area contributed by atoms with Gasteiger partial charge in [-0.25, -0.2) is 0 Å². The minimum atomic E-state index is 0. The Labute approximate surface area is 50.3 Å². The first-order chi connectivity index (χ1) is 1.41. The van der Waals surface area contributed by atoms with Gasteiger partial charge in [-0.15, -0.1) is 0 Å². The largest absolute Gasteiger partial charge is 0.316 e. The maximum atomic E-state index is 4.06. The van der Waals surface area contributed by atoms with Crippen LogP contribution >= 0.6 is 16.3 Å². The molecule has 24 valence electrons. The molecule has 0 saturated carbocycles. The van der Waals surface area contributed by atoms with Gasteiger partial charge in [-0.3, -0.25) is 0 Å². The zero-order valence-corrected chi connectivity index (χ0v) is 3.37. The third kappa shape index (κ3) is 10.7. The first-order valence-corrected chi connectivity index (χ1v) is 1.21. The fraction of sp³-hybridized carbons (Fsp3) is 1.00. The molecule has 0 aliphatic rings. The van der Waals surface area contributed by atoms with Gasteiger partial charge >= 0.3 is 23.1 Å². The van der Waals surface area contributed by atoms with Crippen LogP contribution in [-0.4, -0.2) is 30.2 Å². The molecule has 0 aliphatic carbocycles. The van der Waals surface area contributed by atoms with Crippen molar-refractivity contribution in [3.05, 3.63) is 0 Å². The van der Waals surface area contributed by atoms with Crippen molar-refractivity contribution in [2.45, 2.75) is 0 Å². The SMILES string of the molecule is COBr.[MgH2]. The van der Waals surface area contributed by atoms with Crippen molar-refractivity contribution >= 4 is 39.3 Å². The minimum Gasteiger partial charge on any atom is -0.311 e. The van der Waals surface area contributed by atoms with E-state index in [1.165, 1.54) is 0 Å². The number of rotatable bonds is 0. The van der Waals surface area contributed by atoms with Gasteiger partial charge in [0.2, 0.25) is 0 Å². The first kappa shape index (κ1) is 8.96. The molecule has 0 radical (unpaired) electrons. The zero-order valence-electron chi connectivity index (χ0n) is 1.79. The summed E-state index contributed by atoms with van der Waals surface area (Å²) in [6.45, 7) is 0. The quantitative estimate of drug-likeness (QED) is 0.428. The summed E-state index contributed by atoms with van der Waals surface area (Å²) >= 11 is 2.65. The van der Waals surface area contributed by atoms with Crippen LogP contribution < -0.4 is 0 Å². The van der Waals surface area contributed by atoms with Crippen LogP contribution in [0.4, 0.5) is 0 Å². The zero-order chi connectivity index (χ0) is 2.71. The molecule has 1 nitrogen and oxygen atoms in total. The van der Waals surface area contributed by atoms with E-state index < -0.39 is 0 Å². The van der Waals surface area contributed by atoms with Gasteiger partial charge in [-0.2, -0.15) is 0 Å². The van der Waals surface area contributed by atoms with Crippen molar-refractivity contribution in [1.29, 1.82) is 0 Å². The monoisotopic (exact) mass is 136 g/mol. The topological polar surface area (TPSA) is 9.23 Å². The normalized spacial score (nSPS) is 4.50. The molecule has 0 aromatic rings. The van der Waals surface area contributed by atoms with Gasteiger partial charge < -0.3 is 3.83 Å². The molecular formula is CH5BrMgO. The van der Waals surface area contributed by atoms with Crippen molar-refractivity contribution in [1.82, 2.24) is 0 Å². The molecule has 0 bridgehead atoms. The first-order valence-electron chi connectivity index (χ1n) is 0.563. The smallest absolute Gasteiger partial charge is 0.311 e. The van der Waals surface area contributed by atoms with Gasteiger partial charge in [0.25, 0.3) is 0 Å². The van der Waals surface area contributed by atoms with Crippen molar-refractivity contribution in [2.24, 2.45) is 0 Å². The van der Waals surface area contributed by atoms with E-state index in [2.05, 4.69) is 20.1 Å². The van der Waals surface area contributed by atoms with Crippen LogP contribution in [0.1, 0.15) is 0 Å². The molecule has 0 aromatic heterocycles. The maximum Gasteiger partial charge on any atom is 0.316 e. The summed E-state index contributed by atoms with van der Waals surface area (Å²) in [5.41, 5.74) is 0. The van der Waals surface area contributed by atoms with Crippen LogP contribution in [0.25, 0.3) is 0 Å². The molecule has 0 unspecified atom stereocenters. The highest BCUT2D eigenvalue weighted by Crippen LogP contribution is 1.67. The highest BCUT2D eigenvalue weighted by molar-refractivity contribution is 9.06. The van der Waals surface area contributed by atoms with Crippen molar-refractivity contribution in [3.63, 3.8) is 0 Å². The fourth-order valence-electron chi connectivity index (χ4n) is 0. The summed E-state index contributed by atoms with van der Waals surface area (Å²) in [6, 6.07) is 0. The van der Waals surface area contributed by atoms with E-state index in [9.17, 15) is 0 Å². The average Bonchev–Trinajstić information content (AvgIpc) is 0.918. The molecule has 0 fully saturated rings. The molecule has 0 spiro atoms. The Balaban J connectivity index is 0. The molecule has 0 saturated heterocycles. The van der Waals surface area contributed by atoms with Crippen molar-refractivity contribution in [2.75, 3.05) is 7.11 Å². The van der Waals surface area contributed by atoms with Gasteiger partial charge in [-0.1, -0.05) is 0 Å². The second kappa shape index (κ2) is 8.88. The molecule has 0 rings (SSSR count). The summed E-state index contributed by atoms with van der Waals surface area (Å²) in [5, 5.41) is 0. The third-order valence-electron chi connectivity index (χ3n) is 0. The summed E-state index contributed by atoms with van der Waals surface area (Å²) in [6.07, 6.45) is 0. The van der Waals surface area contributed by atoms with Crippen molar-refractivity contribution < 1.29 is 3.83 Å². The van der Waals surface area contributed by atoms with Crippen LogP contribution in [0.5, 0.6) is 0 Å². The molecule has 0 aromatic carbocycles. The van der Waals surface area contributed by atoms with Crippen LogP contribution in [0, 0.1) is 0 Å². The van der Waals surface area contributed by atoms with Crippen LogP contribution in [0.15, 0.2) is 0 Å². The highest BCUT2D eigenvalue weighted by atomic mass is 79.9. The molecule has 0 atom stereocenters. The predicted octanol–water partition coefficient (Wildman–Crippen LogP) is 0.0265. The second-order valence-corrected chi connectivity index (χ2v) is 0.802. The Morgan fingerprint density at radius 3 is 1.75 bits per heavy atom. The third-order valence-corrected chi connectivity index (χ3v) is 0. The van der Waals surface area contributed by atoms with E-state index in [0.717, 1.165) is 0 Å². The molecular weight excluding hydrogens is 132 g/mol. The minimum absolute atomic E-state index is 0. The van der Waals surface area contributed by atoms with Gasteiger partial charge in [0, 0.05) is 0 Å². The van der Waals surface area contributed by atoms with E-state index in [4.69, 9.17) is 0 Å². The van der Waals surface area contributed by atoms with Crippen LogP contribution in [0.3, 0.4) is 0 Å². The molecule has 0 amide bonds. The Hall–Kier alpha value is 1.21. The Morgan fingerprint density at radius 2 is 1.75 bits per heavy atom. The van der Waals surface area contributed by atoms with Gasteiger partial charge in [0.1, 0.15) is 0 Å². The lowest BCUT2D eigenvalue weighted by molar-refractivity contribution is 0.519. The van der Waals surface area contributed by atoms with Crippen molar-refractivity contribution in [3.8, 4) is 0 Å². The molecule has 3 heteroatoms. The number of hydrogen-bond acceptors (Lipinski definition) is 1. The Morgan fingerprint density at radius 1 is 1.75 bits per heavy atom. The van der Waals surface area contributed by atoms with E-state index in [1.807, 2.05) is 0 Å². The van der Waals surface area contributed by atoms with Gasteiger partial charge in [0.05, 0.1) is 23.4 Å². The lowest BCUT2D eigenvalue weighted by Crippen LogP contribution is -1.37.